The SMILES string of the molecule is C[C@H](OC(=O)COc1ccc(C#N)cc1)c1ccccc1. The summed E-state index contributed by atoms with van der Waals surface area (Å²) < 4.78 is 10.6. The molecule has 4 heteroatoms. The molecule has 0 unspecified atom stereocenters. The Labute approximate surface area is 123 Å². The summed E-state index contributed by atoms with van der Waals surface area (Å²) in [4.78, 5) is 11.7. The van der Waals surface area contributed by atoms with E-state index in [-0.39, 0.29) is 12.7 Å². The van der Waals surface area contributed by atoms with Gasteiger partial charge in [-0.3, -0.25) is 0 Å². The molecular weight excluding hydrogens is 266 g/mol. The van der Waals surface area contributed by atoms with Gasteiger partial charge in [0.05, 0.1) is 11.6 Å². The van der Waals surface area contributed by atoms with Gasteiger partial charge in [0, 0.05) is 0 Å². The van der Waals surface area contributed by atoms with Crippen LogP contribution < -0.4 is 4.74 Å². The second-order valence-corrected chi connectivity index (χ2v) is 4.47. The summed E-state index contributed by atoms with van der Waals surface area (Å²) in [6.07, 6.45) is -0.316. The molecule has 0 saturated heterocycles. The predicted octanol–water partition coefficient (Wildman–Crippen LogP) is 3.24. The van der Waals surface area contributed by atoms with Crippen LogP contribution in [0.3, 0.4) is 0 Å². The van der Waals surface area contributed by atoms with E-state index < -0.39 is 5.97 Å². The summed E-state index contributed by atoms with van der Waals surface area (Å²) in [7, 11) is 0. The highest BCUT2D eigenvalue weighted by Gasteiger charge is 2.11. The van der Waals surface area contributed by atoms with E-state index in [2.05, 4.69) is 0 Å². The minimum atomic E-state index is -0.435. The van der Waals surface area contributed by atoms with Crippen LogP contribution in [-0.4, -0.2) is 12.6 Å². The van der Waals surface area contributed by atoms with Gasteiger partial charge in [0.2, 0.25) is 0 Å². The summed E-state index contributed by atoms with van der Waals surface area (Å²) in [5.74, 6) is 0.0917. The number of nitrogens with zero attached hydrogens (tertiary/aromatic N) is 1. The van der Waals surface area contributed by atoms with Crippen molar-refractivity contribution in [3.63, 3.8) is 0 Å². The third-order valence-electron chi connectivity index (χ3n) is 2.92. The number of benzene rings is 2. The molecule has 0 N–H and O–H groups in total. The Morgan fingerprint density at radius 2 is 1.81 bits per heavy atom. The van der Waals surface area contributed by atoms with Crippen LogP contribution in [0.1, 0.15) is 24.2 Å². The van der Waals surface area contributed by atoms with Gasteiger partial charge in [-0.2, -0.15) is 5.26 Å². The first-order valence-corrected chi connectivity index (χ1v) is 6.56. The van der Waals surface area contributed by atoms with E-state index in [1.807, 2.05) is 43.3 Å². The Morgan fingerprint density at radius 1 is 1.14 bits per heavy atom. The summed E-state index contributed by atoms with van der Waals surface area (Å²) in [5, 5.41) is 8.69. The molecule has 0 aliphatic rings. The molecule has 2 aromatic carbocycles. The molecule has 0 fully saturated rings. The molecule has 0 radical (unpaired) electrons. The molecule has 0 heterocycles. The fraction of sp³-hybridized carbons (Fsp3) is 0.176. The lowest BCUT2D eigenvalue weighted by molar-refractivity contribution is -0.151. The summed E-state index contributed by atoms with van der Waals surface area (Å²) in [5.41, 5.74) is 1.48. The highest BCUT2D eigenvalue weighted by atomic mass is 16.6. The van der Waals surface area contributed by atoms with Gasteiger partial charge in [0.25, 0.3) is 0 Å². The number of hydrogen-bond donors (Lipinski definition) is 0. The Morgan fingerprint density at radius 3 is 2.43 bits per heavy atom. The van der Waals surface area contributed by atoms with E-state index in [1.165, 1.54) is 0 Å². The van der Waals surface area contributed by atoms with Crippen molar-refractivity contribution in [3.05, 3.63) is 65.7 Å². The van der Waals surface area contributed by atoms with Gasteiger partial charge < -0.3 is 9.47 Å². The topological polar surface area (TPSA) is 59.3 Å². The standard InChI is InChI=1S/C17H15NO3/c1-13(15-5-3-2-4-6-15)21-17(19)12-20-16-9-7-14(11-18)8-10-16/h2-10,13H,12H2,1H3/t13-/m0/s1. The molecule has 2 aromatic rings. The Hall–Kier alpha value is -2.80. The van der Waals surface area contributed by atoms with Crippen LogP contribution in [0.2, 0.25) is 0 Å². The number of carbonyl (C=O) groups is 1. The zero-order chi connectivity index (χ0) is 15.1. The van der Waals surface area contributed by atoms with E-state index in [9.17, 15) is 4.79 Å². The average Bonchev–Trinajstić information content (AvgIpc) is 2.54. The van der Waals surface area contributed by atoms with Crippen molar-refractivity contribution in [1.82, 2.24) is 0 Å². The molecule has 106 valence electrons. The number of carbonyl (C=O) groups excluding carboxylic acids is 1. The predicted molar refractivity (Wildman–Crippen MR) is 77.6 cm³/mol. The lowest BCUT2D eigenvalue weighted by Crippen LogP contribution is -2.16. The third kappa shape index (κ3) is 4.36. The normalized spacial score (nSPS) is 11.2. The van der Waals surface area contributed by atoms with Crippen LogP contribution in [-0.2, 0) is 9.53 Å². The second-order valence-electron chi connectivity index (χ2n) is 4.47. The Balaban J connectivity index is 1.83. The molecule has 0 amide bonds. The minimum absolute atomic E-state index is 0.164. The van der Waals surface area contributed by atoms with Crippen molar-refractivity contribution in [2.24, 2.45) is 0 Å². The van der Waals surface area contributed by atoms with E-state index >= 15 is 0 Å². The third-order valence-corrected chi connectivity index (χ3v) is 2.92. The van der Waals surface area contributed by atoms with Crippen LogP contribution >= 0.6 is 0 Å². The molecule has 0 aliphatic heterocycles. The number of rotatable bonds is 5. The maximum absolute atomic E-state index is 11.7. The zero-order valence-corrected chi connectivity index (χ0v) is 11.7. The van der Waals surface area contributed by atoms with Gasteiger partial charge >= 0.3 is 5.97 Å². The van der Waals surface area contributed by atoms with Crippen molar-refractivity contribution in [3.8, 4) is 11.8 Å². The second kappa shape index (κ2) is 7.11. The van der Waals surface area contributed by atoms with Crippen molar-refractivity contribution >= 4 is 5.97 Å². The number of ether oxygens (including phenoxy) is 2. The monoisotopic (exact) mass is 281 g/mol. The summed E-state index contributed by atoms with van der Waals surface area (Å²) in [6, 6.07) is 18.1. The summed E-state index contributed by atoms with van der Waals surface area (Å²) >= 11 is 0. The highest BCUT2D eigenvalue weighted by molar-refractivity contribution is 5.71. The van der Waals surface area contributed by atoms with Gasteiger partial charge in [-0.1, -0.05) is 30.3 Å². The molecule has 2 rings (SSSR count). The highest BCUT2D eigenvalue weighted by Crippen LogP contribution is 2.16. The van der Waals surface area contributed by atoms with Crippen LogP contribution in [0, 0.1) is 11.3 Å². The van der Waals surface area contributed by atoms with Gasteiger partial charge in [-0.05, 0) is 36.8 Å². The maximum atomic E-state index is 11.7. The smallest absolute Gasteiger partial charge is 0.344 e. The first-order valence-electron chi connectivity index (χ1n) is 6.56. The first-order chi connectivity index (χ1) is 10.2. The molecule has 0 aliphatic carbocycles. The van der Waals surface area contributed by atoms with E-state index in [4.69, 9.17) is 14.7 Å². The van der Waals surface area contributed by atoms with Crippen molar-refractivity contribution < 1.29 is 14.3 Å². The zero-order valence-electron chi connectivity index (χ0n) is 11.7. The van der Waals surface area contributed by atoms with Crippen molar-refractivity contribution in [2.75, 3.05) is 6.61 Å². The number of nitriles is 1. The lowest BCUT2D eigenvalue weighted by Gasteiger charge is -2.13. The van der Waals surface area contributed by atoms with Crippen LogP contribution in [0.15, 0.2) is 54.6 Å². The molecule has 0 aromatic heterocycles. The van der Waals surface area contributed by atoms with Gasteiger partial charge in [-0.15, -0.1) is 0 Å². The summed E-state index contributed by atoms with van der Waals surface area (Å²) in [6.45, 7) is 1.65. The van der Waals surface area contributed by atoms with Crippen molar-refractivity contribution in [2.45, 2.75) is 13.0 Å². The molecule has 0 spiro atoms. The molecule has 1 atom stereocenters. The van der Waals surface area contributed by atoms with E-state index in [1.54, 1.807) is 24.3 Å². The molecular formula is C17H15NO3. The van der Waals surface area contributed by atoms with Crippen molar-refractivity contribution in [1.29, 1.82) is 5.26 Å². The molecule has 0 bridgehead atoms. The number of esters is 1. The van der Waals surface area contributed by atoms with Gasteiger partial charge in [-0.25, -0.2) is 4.79 Å². The van der Waals surface area contributed by atoms with Crippen LogP contribution in [0.25, 0.3) is 0 Å². The Bertz CT molecular complexity index is 629. The largest absolute Gasteiger partial charge is 0.482 e. The Kier molecular flexibility index (Phi) is 4.94. The van der Waals surface area contributed by atoms with E-state index in [0.717, 1.165) is 5.56 Å². The number of hydrogen-bond acceptors (Lipinski definition) is 4. The average molecular weight is 281 g/mol. The quantitative estimate of drug-likeness (QED) is 0.789. The minimum Gasteiger partial charge on any atom is -0.482 e. The lowest BCUT2D eigenvalue weighted by atomic mass is 10.1. The molecule has 4 nitrogen and oxygen atoms in total. The fourth-order valence-corrected chi connectivity index (χ4v) is 1.79. The van der Waals surface area contributed by atoms with Gasteiger partial charge in [0.15, 0.2) is 6.61 Å². The maximum Gasteiger partial charge on any atom is 0.344 e. The van der Waals surface area contributed by atoms with E-state index in [0.29, 0.717) is 11.3 Å². The van der Waals surface area contributed by atoms with Crippen LogP contribution in [0.4, 0.5) is 0 Å². The fourth-order valence-electron chi connectivity index (χ4n) is 1.79. The van der Waals surface area contributed by atoms with Gasteiger partial charge in [0.1, 0.15) is 11.9 Å². The molecule has 0 saturated carbocycles. The van der Waals surface area contributed by atoms with Crippen LogP contribution in [0.5, 0.6) is 5.75 Å². The first kappa shape index (κ1) is 14.6. The molecule has 21 heavy (non-hydrogen) atoms.